The molecule has 0 aliphatic rings. The third-order valence-electron chi connectivity index (χ3n) is 2.00. The quantitative estimate of drug-likeness (QED) is 0.870. The number of hydrogen-bond donors (Lipinski definition) is 1. The second-order valence-electron chi connectivity index (χ2n) is 3.69. The molecule has 2 heteroatoms. The normalized spacial score (nSPS) is 10.9. The first-order chi connectivity index (χ1) is 8.09. The monoisotopic (exact) mass is 239 g/mol. The summed E-state index contributed by atoms with van der Waals surface area (Å²) in [6, 6.07) is 8.00. The Hall–Kier alpha value is -0.860. The molecule has 1 rings (SSSR count). The Bertz CT molecular complexity index is 254. The first-order valence-corrected chi connectivity index (χ1v) is 6.49. The molecule has 0 spiro atoms. The van der Waals surface area contributed by atoms with E-state index in [-0.39, 0.29) is 6.10 Å². The molecule has 1 N–H and O–H groups in total. The Balaban J connectivity index is 0. The molecule has 0 aromatic heterocycles. The number of rotatable bonds is 3. The van der Waals surface area contributed by atoms with Gasteiger partial charge in [0.1, 0.15) is 0 Å². The predicted octanol–water partition coefficient (Wildman–Crippen LogP) is 3.64. The fraction of sp³-hybridized carbons (Fsp3) is 0.600. The van der Waals surface area contributed by atoms with Crippen LogP contribution in [0.25, 0.3) is 0 Å². The summed E-state index contributed by atoms with van der Waals surface area (Å²) < 4.78 is 0. The van der Waals surface area contributed by atoms with E-state index >= 15 is 0 Å². The number of nitrogens with zero attached hydrogens (tertiary/aromatic N) is 1. The molecule has 1 aromatic carbocycles. The number of hydrogen-bond acceptors (Lipinski definition) is 2. The van der Waals surface area contributed by atoms with Gasteiger partial charge in [-0.05, 0) is 26.6 Å². The van der Waals surface area contributed by atoms with Crippen LogP contribution in [0, 0.1) is 6.92 Å². The van der Waals surface area contributed by atoms with Crippen LogP contribution in [-0.2, 0) is 0 Å². The highest BCUT2D eigenvalue weighted by molar-refractivity contribution is 5.23. The van der Waals surface area contributed by atoms with Gasteiger partial charge in [0, 0.05) is 6.54 Å². The van der Waals surface area contributed by atoms with Crippen LogP contribution >= 0.6 is 0 Å². The zero-order chi connectivity index (χ0) is 13.8. The van der Waals surface area contributed by atoms with Gasteiger partial charge in [0.15, 0.2) is 0 Å². The maximum atomic E-state index is 9.74. The van der Waals surface area contributed by atoms with Gasteiger partial charge in [-0.1, -0.05) is 57.5 Å². The minimum absolute atomic E-state index is 0.379. The zero-order valence-electron chi connectivity index (χ0n) is 12.5. The molecule has 100 valence electrons. The van der Waals surface area contributed by atoms with Gasteiger partial charge < -0.3 is 10.0 Å². The van der Waals surface area contributed by atoms with Crippen molar-refractivity contribution in [3.63, 3.8) is 0 Å². The minimum atomic E-state index is -0.379. The molecule has 1 aromatic rings. The van der Waals surface area contributed by atoms with Gasteiger partial charge in [0.05, 0.1) is 6.10 Å². The topological polar surface area (TPSA) is 23.5 Å². The van der Waals surface area contributed by atoms with E-state index in [1.165, 1.54) is 5.56 Å². The van der Waals surface area contributed by atoms with Crippen molar-refractivity contribution in [2.24, 2.45) is 0 Å². The first-order valence-electron chi connectivity index (χ1n) is 6.49. The lowest BCUT2D eigenvalue weighted by atomic mass is 10.1. The van der Waals surface area contributed by atoms with Crippen molar-refractivity contribution >= 4 is 0 Å². The summed E-state index contributed by atoms with van der Waals surface area (Å²) in [7, 11) is 3.91. The molecule has 0 fully saturated rings. The summed E-state index contributed by atoms with van der Waals surface area (Å²) in [6.45, 7) is 10.7. The lowest BCUT2D eigenvalue weighted by molar-refractivity contribution is 0.138. The number of aliphatic hydroxyl groups is 1. The highest BCUT2D eigenvalue weighted by Crippen LogP contribution is 2.13. The second-order valence-corrected chi connectivity index (χ2v) is 3.69. The van der Waals surface area contributed by atoms with Crippen molar-refractivity contribution in [2.75, 3.05) is 20.6 Å². The van der Waals surface area contributed by atoms with Crippen molar-refractivity contribution in [2.45, 2.75) is 40.7 Å². The standard InChI is InChI=1S/C11H17NO.2C2H6/c1-9-4-6-10(7-5-9)11(13)8-12(2)3;2*1-2/h4-7,11,13H,8H2,1-3H3;2*1-2H3. The van der Waals surface area contributed by atoms with Crippen molar-refractivity contribution in [1.29, 1.82) is 0 Å². The van der Waals surface area contributed by atoms with Gasteiger partial charge in [-0.25, -0.2) is 0 Å². The Kier molecular flexibility index (Phi) is 12.6. The number of aliphatic hydroxyl groups excluding tert-OH is 1. The van der Waals surface area contributed by atoms with Crippen LogP contribution in [0.4, 0.5) is 0 Å². The van der Waals surface area contributed by atoms with Gasteiger partial charge in [0.2, 0.25) is 0 Å². The van der Waals surface area contributed by atoms with Crippen LogP contribution in [0.5, 0.6) is 0 Å². The van der Waals surface area contributed by atoms with Crippen LogP contribution in [0.15, 0.2) is 24.3 Å². The summed E-state index contributed by atoms with van der Waals surface area (Å²) in [4.78, 5) is 1.98. The van der Waals surface area contributed by atoms with Crippen molar-refractivity contribution in [3.8, 4) is 0 Å². The Morgan fingerprint density at radius 1 is 1.00 bits per heavy atom. The molecule has 1 unspecified atom stereocenters. The molecule has 0 saturated carbocycles. The van der Waals surface area contributed by atoms with Crippen molar-refractivity contribution in [3.05, 3.63) is 35.4 Å². The molecule has 0 saturated heterocycles. The van der Waals surface area contributed by atoms with E-state index in [0.717, 1.165) is 5.56 Å². The molecule has 2 nitrogen and oxygen atoms in total. The smallest absolute Gasteiger partial charge is 0.0916 e. The molecule has 0 bridgehead atoms. The van der Waals surface area contributed by atoms with Crippen molar-refractivity contribution in [1.82, 2.24) is 4.90 Å². The maximum Gasteiger partial charge on any atom is 0.0916 e. The van der Waals surface area contributed by atoms with Gasteiger partial charge in [0.25, 0.3) is 0 Å². The molecule has 17 heavy (non-hydrogen) atoms. The highest BCUT2D eigenvalue weighted by Gasteiger charge is 2.07. The van der Waals surface area contributed by atoms with Crippen LogP contribution < -0.4 is 0 Å². The zero-order valence-corrected chi connectivity index (χ0v) is 12.5. The predicted molar refractivity (Wildman–Crippen MR) is 77.4 cm³/mol. The fourth-order valence-electron chi connectivity index (χ4n) is 1.24. The maximum absolute atomic E-state index is 9.74. The van der Waals surface area contributed by atoms with E-state index in [0.29, 0.717) is 6.54 Å². The van der Waals surface area contributed by atoms with E-state index in [1.54, 1.807) is 0 Å². The summed E-state index contributed by atoms with van der Waals surface area (Å²) in [5, 5.41) is 9.74. The van der Waals surface area contributed by atoms with E-state index in [9.17, 15) is 5.11 Å². The average molecular weight is 239 g/mol. The molecule has 0 aliphatic heterocycles. The Morgan fingerprint density at radius 3 is 1.76 bits per heavy atom. The van der Waals surface area contributed by atoms with Crippen LogP contribution in [0.1, 0.15) is 44.9 Å². The van der Waals surface area contributed by atoms with Gasteiger partial charge in [-0.2, -0.15) is 0 Å². The molecule has 0 radical (unpaired) electrons. The molecular weight excluding hydrogens is 210 g/mol. The first kappa shape index (κ1) is 18.5. The lowest BCUT2D eigenvalue weighted by Crippen LogP contribution is -2.19. The molecule has 0 aliphatic carbocycles. The van der Waals surface area contributed by atoms with Gasteiger partial charge in [-0.3, -0.25) is 0 Å². The number of aryl methyl sites for hydroxylation is 1. The second kappa shape index (κ2) is 11.6. The largest absolute Gasteiger partial charge is 0.387 e. The van der Waals surface area contributed by atoms with E-state index in [2.05, 4.69) is 0 Å². The van der Waals surface area contributed by atoms with Crippen LogP contribution in [-0.4, -0.2) is 30.6 Å². The minimum Gasteiger partial charge on any atom is -0.387 e. The summed E-state index contributed by atoms with van der Waals surface area (Å²) in [6.07, 6.45) is -0.379. The van der Waals surface area contributed by atoms with Crippen molar-refractivity contribution < 1.29 is 5.11 Å². The number of likely N-dealkylation sites (N-methyl/N-ethyl adjacent to an activating group) is 1. The van der Waals surface area contributed by atoms with E-state index in [4.69, 9.17) is 0 Å². The van der Waals surface area contributed by atoms with E-state index < -0.39 is 0 Å². The third kappa shape index (κ3) is 8.90. The summed E-state index contributed by atoms with van der Waals surface area (Å²) in [5.41, 5.74) is 2.21. The summed E-state index contributed by atoms with van der Waals surface area (Å²) >= 11 is 0. The van der Waals surface area contributed by atoms with Gasteiger partial charge >= 0.3 is 0 Å². The number of benzene rings is 1. The SMILES string of the molecule is CC.CC.Cc1ccc(C(O)CN(C)C)cc1. The van der Waals surface area contributed by atoms with Crippen LogP contribution in [0.2, 0.25) is 0 Å². The van der Waals surface area contributed by atoms with Gasteiger partial charge in [-0.15, -0.1) is 0 Å². The third-order valence-corrected chi connectivity index (χ3v) is 2.00. The summed E-state index contributed by atoms with van der Waals surface area (Å²) in [5.74, 6) is 0. The molecule has 0 heterocycles. The average Bonchev–Trinajstić information content (AvgIpc) is 2.34. The Morgan fingerprint density at radius 2 is 1.41 bits per heavy atom. The lowest BCUT2D eigenvalue weighted by Gasteiger charge is -2.16. The fourth-order valence-corrected chi connectivity index (χ4v) is 1.24. The Labute approximate surface area is 107 Å². The molecule has 0 amide bonds. The highest BCUT2D eigenvalue weighted by atomic mass is 16.3. The molecular formula is C15H29NO. The van der Waals surface area contributed by atoms with E-state index in [1.807, 2.05) is 77.9 Å². The van der Waals surface area contributed by atoms with Crippen LogP contribution in [0.3, 0.4) is 0 Å². The molecule has 1 atom stereocenters.